The molecule has 1 heterocycles. The summed E-state index contributed by atoms with van der Waals surface area (Å²) in [5.74, 6) is -0.723. The number of piperazine rings is 1. The van der Waals surface area contributed by atoms with E-state index in [2.05, 4.69) is 5.32 Å². The van der Waals surface area contributed by atoms with Gasteiger partial charge >= 0.3 is 0 Å². The molecule has 108 valence electrons. The highest BCUT2D eigenvalue weighted by atomic mass is 35.5. The molecule has 0 spiro atoms. The van der Waals surface area contributed by atoms with Gasteiger partial charge in [0, 0.05) is 11.6 Å². The number of nitrogens with zero attached hydrogens (tertiary/aromatic N) is 1. The summed E-state index contributed by atoms with van der Waals surface area (Å²) in [7, 11) is 0. The minimum absolute atomic E-state index is 0.00212. The number of hydrogen-bond acceptors (Lipinski definition) is 2. The molecule has 0 bridgehead atoms. The van der Waals surface area contributed by atoms with Crippen molar-refractivity contribution < 1.29 is 14.0 Å². The third-order valence-electron chi connectivity index (χ3n) is 3.33. The first-order chi connectivity index (χ1) is 9.52. The molecule has 2 rings (SSSR count). The van der Waals surface area contributed by atoms with E-state index in [0.29, 0.717) is 12.0 Å². The van der Waals surface area contributed by atoms with Crippen LogP contribution in [0.5, 0.6) is 0 Å². The summed E-state index contributed by atoms with van der Waals surface area (Å²) in [6, 6.07) is 3.56. The first-order valence-electron chi connectivity index (χ1n) is 6.54. The van der Waals surface area contributed by atoms with Gasteiger partial charge in [0.15, 0.2) is 0 Å². The van der Waals surface area contributed by atoms with Crippen LogP contribution in [0.1, 0.15) is 25.3 Å². The molecule has 0 radical (unpaired) electrons. The zero-order valence-corrected chi connectivity index (χ0v) is 11.9. The van der Waals surface area contributed by atoms with Crippen molar-refractivity contribution in [2.24, 2.45) is 0 Å². The lowest BCUT2D eigenvalue weighted by Gasteiger charge is -2.35. The van der Waals surface area contributed by atoms with Crippen molar-refractivity contribution in [3.05, 3.63) is 34.6 Å². The average Bonchev–Trinajstić information content (AvgIpc) is 2.40. The zero-order chi connectivity index (χ0) is 14.7. The molecule has 1 aliphatic heterocycles. The Bertz CT molecular complexity index is 536. The second-order valence-corrected chi connectivity index (χ2v) is 5.19. The summed E-state index contributed by atoms with van der Waals surface area (Å²) in [6.45, 7) is 2.17. The fourth-order valence-corrected chi connectivity index (χ4v) is 2.52. The number of amides is 2. The van der Waals surface area contributed by atoms with Gasteiger partial charge in [-0.1, -0.05) is 31.0 Å². The van der Waals surface area contributed by atoms with Crippen LogP contribution in [0.15, 0.2) is 18.2 Å². The molecule has 0 aromatic heterocycles. The SMILES string of the molecule is CCCC1C(=O)NCC(=O)N1Cc1ccc(F)cc1Cl. The van der Waals surface area contributed by atoms with E-state index >= 15 is 0 Å². The monoisotopic (exact) mass is 298 g/mol. The van der Waals surface area contributed by atoms with E-state index in [9.17, 15) is 14.0 Å². The third-order valence-corrected chi connectivity index (χ3v) is 3.68. The molecule has 20 heavy (non-hydrogen) atoms. The Morgan fingerprint density at radius 3 is 2.85 bits per heavy atom. The van der Waals surface area contributed by atoms with E-state index in [0.717, 1.165) is 6.42 Å². The summed E-state index contributed by atoms with van der Waals surface area (Å²) >= 11 is 5.98. The molecule has 0 saturated carbocycles. The van der Waals surface area contributed by atoms with Crippen LogP contribution in [0.4, 0.5) is 4.39 Å². The van der Waals surface area contributed by atoms with Crippen LogP contribution in [0, 0.1) is 5.82 Å². The summed E-state index contributed by atoms with van der Waals surface area (Å²) in [5.41, 5.74) is 0.636. The van der Waals surface area contributed by atoms with Crippen LogP contribution in [0.2, 0.25) is 5.02 Å². The topological polar surface area (TPSA) is 49.4 Å². The molecule has 2 amide bonds. The van der Waals surface area contributed by atoms with Crippen molar-refractivity contribution in [1.82, 2.24) is 10.2 Å². The maximum atomic E-state index is 13.0. The predicted octanol–water partition coefficient (Wildman–Crippen LogP) is 2.11. The van der Waals surface area contributed by atoms with Crippen LogP contribution in [-0.4, -0.2) is 29.3 Å². The lowest BCUT2D eigenvalue weighted by molar-refractivity contribution is -0.146. The smallest absolute Gasteiger partial charge is 0.243 e. The Balaban J connectivity index is 2.23. The van der Waals surface area contributed by atoms with E-state index < -0.39 is 11.9 Å². The number of rotatable bonds is 4. The minimum Gasteiger partial charge on any atom is -0.345 e. The molecule has 1 fully saturated rings. The van der Waals surface area contributed by atoms with Crippen LogP contribution < -0.4 is 5.32 Å². The third kappa shape index (κ3) is 3.10. The summed E-state index contributed by atoms with van der Waals surface area (Å²) in [6.07, 6.45) is 1.38. The van der Waals surface area contributed by atoms with Crippen molar-refractivity contribution in [3.8, 4) is 0 Å². The zero-order valence-electron chi connectivity index (χ0n) is 11.2. The van der Waals surface area contributed by atoms with Gasteiger partial charge in [0.25, 0.3) is 0 Å². The van der Waals surface area contributed by atoms with E-state index in [1.807, 2.05) is 6.92 Å². The van der Waals surface area contributed by atoms with Crippen LogP contribution in [0.25, 0.3) is 0 Å². The van der Waals surface area contributed by atoms with Crippen molar-refractivity contribution in [2.45, 2.75) is 32.4 Å². The largest absolute Gasteiger partial charge is 0.345 e. The molecular formula is C14H16ClFN2O2. The van der Waals surface area contributed by atoms with Crippen LogP contribution in [0.3, 0.4) is 0 Å². The van der Waals surface area contributed by atoms with E-state index in [1.54, 1.807) is 6.07 Å². The van der Waals surface area contributed by atoms with Crippen molar-refractivity contribution in [1.29, 1.82) is 0 Å². The van der Waals surface area contributed by atoms with Gasteiger partial charge in [-0.05, 0) is 24.1 Å². The molecule has 1 N–H and O–H groups in total. The molecule has 1 unspecified atom stereocenters. The van der Waals surface area contributed by atoms with Gasteiger partial charge in [-0.15, -0.1) is 0 Å². The molecule has 1 saturated heterocycles. The molecule has 1 aromatic rings. The van der Waals surface area contributed by atoms with Gasteiger partial charge in [-0.3, -0.25) is 9.59 Å². The summed E-state index contributed by atoms with van der Waals surface area (Å²) in [4.78, 5) is 25.4. The second-order valence-electron chi connectivity index (χ2n) is 4.78. The second kappa shape index (κ2) is 6.22. The van der Waals surface area contributed by atoms with Crippen LogP contribution in [-0.2, 0) is 16.1 Å². The quantitative estimate of drug-likeness (QED) is 0.925. The molecule has 1 aliphatic rings. The Labute approximate surface area is 121 Å². The number of hydrogen-bond donors (Lipinski definition) is 1. The number of halogens is 2. The van der Waals surface area contributed by atoms with E-state index in [-0.39, 0.29) is 29.9 Å². The van der Waals surface area contributed by atoms with Gasteiger partial charge in [-0.2, -0.15) is 0 Å². The Morgan fingerprint density at radius 2 is 2.20 bits per heavy atom. The molecule has 0 aliphatic carbocycles. The molecule has 6 heteroatoms. The number of carbonyl (C=O) groups is 2. The molecule has 1 aromatic carbocycles. The number of carbonyl (C=O) groups excluding carboxylic acids is 2. The van der Waals surface area contributed by atoms with Gasteiger partial charge in [0.1, 0.15) is 11.9 Å². The van der Waals surface area contributed by atoms with Gasteiger partial charge in [0.05, 0.1) is 6.54 Å². The van der Waals surface area contributed by atoms with Crippen molar-refractivity contribution in [3.63, 3.8) is 0 Å². The van der Waals surface area contributed by atoms with E-state index in [4.69, 9.17) is 11.6 Å². The summed E-state index contributed by atoms with van der Waals surface area (Å²) < 4.78 is 13.0. The van der Waals surface area contributed by atoms with Gasteiger partial charge in [0.2, 0.25) is 11.8 Å². The minimum atomic E-state index is -0.484. The van der Waals surface area contributed by atoms with E-state index in [1.165, 1.54) is 17.0 Å². The highest BCUT2D eigenvalue weighted by Crippen LogP contribution is 2.22. The Hall–Kier alpha value is -1.62. The number of benzene rings is 1. The first kappa shape index (κ1) is 14.8. The molecule has 1 atom stereocenters. The number of nitrogens with one attached hydrogen (secondary N) is 1. The normalized spacial score (nSPS) is 19.1. The van der Waals surface area contributed by atoms with Gasteiger partial charge in [-0.25, -0.2) is 4.39 Å². The molecular weight excluding hydrogens is 283 g/mol. The van der Waals surface area contributed by atoms with Crippen molar-refractivity contribution in [2.75, 3.05) is 6.54 Å². The lowest BCUT2D eigenvalue weighted by Crippen LogP contribution is -2.57. The lowest BCUT2D eigenvalue weighted by atomic mass is 10.1. The molecule has 4 nitrogen and oxygen atoms in total. The maximum absolute atomic E-state index is 13.0. The standard InChI is InChI=1S/C14H16ClFN2O2/c1-2-3-12-14(20)17-7-13(19)18(12)8-9-4-5-10(16)6-11(9)15/h4-6,12H,2-3,7-8H2,1H3,(H,17,20). The average molecular weight is 299 g/mol. The highest BCUT2D eigenvalue weighted by Gasteiger charge is 2.33. The fraction of sp³-hybridized carbons (Fsp3) is 0.429. The van der Waals surface area contributed by atoms with Gasteiger partial charge < -0.3 is 10.2 Å². The highest BCUT2D eigenvalue weighted by molar-refractivity contribution is 6.31. The van der Waals surface area contributed by atoms with Crippen molar-refractivity contribution >= 4 is 23.4 Å². The maximum Gasteiger partial charge on any atom is 0.243 e. The summed E-state index contributed by atoms with van der Waals surface area (Å²) in [5, 5.41) is 2.85. The predicted molar refractivity (Wildman–Crippen MR) is 73.7 cm³/mol. The van der Waals surface area contributed by atoms with Crippen LogP contribution >= 0.6 is 11.6 Å². The first-order valence-corrected chi connectivity index (χ1v) is 6.91. The fourth-order valence-electron chi connectivity index (χ4n) is 2.29. The Kier molecular flexibility index (Phi) is 4.60. The Morgan fingerprint density at radius 1 is 1.45 bits per heavy atom.